The van der Waals surface area contributed by atoms with Gasteiger partial charge in [-0.2, -0.15) is 0 Å². The van der Waals surface area contributed by atoms with Crippen molar-refractivity contribution in [2.24, 2.45) is 0 Å². The number of nitrogens with zero attached hydrogens (tertiary/aromatic N) is 1. The van der Waals surface area contributed by atoms with Gasteiger partial charge in [-0.15, -0.1) is 12.4 Å². The first-order valence-electron chi connectivity index (χ1n) is 3.92. The number of nitrogens with one attached hydrogen (secondary N) is 1. The molecular formula is C9H13ClN2O. The second-order valence-electron chi connectivity index (χ2n) is 2.39. The van der Waals surface area contributed by atoms with E-state index in [2.05, 4.69) is 4.98 Å². The molecule has 0 bridgehead atoms. The molecule has 0 aliphatic heterocycles. The molecule has 1 N–H and O–H groups in total. The molecule has 0 atom stereocenters. The topological polar surface area (TPSA) is 46.0 Å². The molecule has 72 valence electrons. The highest BCUT2D eigenvalue weighted by molar-refractivity contribution is 5.85. The molecule has 1 aromatic heterocycles. The van der Waals surface area contributed by atoms with Gasteiger partial charge in [0.05, 0.1) is 6.61 Å². The Morgan fingerprint density at radius 2 is 2.38 bits per heavy atom. The van der Waals surface area contributed by atoms with Crippen molar-refractivity contribution < 1.29 is 4.74 Å². The lowest BCUT2D eigenvalue weighted by molar-refractivity contribution is 0.317. The molecule has 0 saturated carbocycles. The summed E-state index contributed by atoms with van der Waals surface area (Å²) in [5.74, 6) is 0.297. The molecule has 0 amide bonds. The maximum absolute atomic E-state index is 7.38. The third kappa shape index (κ3) is 4.48. The van der Waals surface area contributed by atoms with E-state index in [4.69, 9.17) is 10.1 Å². The van der Waals surface area contributed by atoms with Crippen molar-refractivity contribution in [3.63, 3.8) is 0 Å². The average Bonchev–Trinajstić information content (AvgIpc) is 2.06. The second kappa shape index (κ2) is 6.43. The number of hydrogen-bond donors (Lipinski definition) is 1. The normalized spacial score (nSPS) is 8.69. The zero-order valence-electron chi connectivity index (χ0n) is 7.49. The summed E-state index contributed by atoms with van der Waals surface area (Å²) in [7, 11) is 0. The van der Waals surface area contributed by atoms with E-state index in [1.807, 2.05) is 19.1 Å². The lowest BCUT2D eigenvalue weighted by Crippen LogP contribution is -2.06. The van der Waals surface area contributed by atoms with E-state index in [1.54, 1.807) is 12.4 Å². The largest absolute Gasteiger partial charge is 0.481 e. The van der Waals surface area contributed by atoms with Crippen LogP contribution in [0.2, 0.25) is 0 Å². The lowest BCUT2D eigenvalue weighted by Gasteiger charge is -2.03. The Bertz CT molecular complexity index is 251. The van der Waals surface area contributed by atoms with Gasteiger partial charge in [0.25, 0.3) is 0 Å². The first kappa shape index (κ1) is 11.9. The van der Waals surface area contributed by atoms with Gasteiger partial charge in [0.1, 0.15) is 0 Å². The minimum atomic E-state index is 0. The maximum atomic E-state index is 7.38. The van der Waals surface area contributed by atoms with Gasteiger partial charge in [0, 0.05) is 18.8 Å². The van der Waals surface area contributed by atoms with Crippen LogP contribution in [0.4, 0.5) is 0 Å². The molecule has 0 aliphatic rings. The Morgan fingerprint density at radius 1 is 1.62 bits per heavy atom. The van der Waals surface area contributed by atoms with E-state index in [9.17, 15) is 0 Å². The molecule has 3 nitrogen and oxygen atoms in total. The standard InChI is InChI=1S/C9H12N2O.ClH/c1-2-12-9(10)6-8-4-3-5-11-7-8;/h3-5,7,10H,2,6H2,1H3;1H. The van der Waals surface area contributed by atoms with Crippen LogP contribution in [0.25, 0.3) is 0 Å². The zero-order chi connectivity index (χ0) is 8.81. The molecular weight excluding hydrogens is 188 g/mol. The fourth-order valence-corrected chi connectivity index (χ4v) is 0.913. The van der Waals surface area contributed by atoms with Gasteiger partial charge >= 0.3 is 0 Å². The number of hydrogen-bond acceptors (Lipinski definition) is 3. The fraction of sp³-hybridized carbons (Fsp3) is 0.333. The monoisotopic (exact) mass is 200 g/mol. The van der Waals surface area contributed by atoms with Crippen LogP contribution in [-0.4, -0.2) is 17.5 Å². The molecule has 0 radical (unpaired) electrons. The molecule has 1 heterocycles. The van der Waals surface area contributed by atoms with Crippen LogP contribution in [0.15, 0.2) is 24.5 Å². The highest BCUT2D eigenvalue weighted by Gasteiger charge is 1.98. The van der Waals surface area contributed by atoms with Crippen molar-refractivity contribution >= 4 is 18.3 Å². The Morgan fingerprint density at radius 3 is 2.92 bits per heavy atom. The molecule has 0 spiro atoms. The van der Waals surface area contributed by atoms with Crippen molar-refractivity contribution in [1.82, 2.24) is 4.98 Å². The van der Waals surface area contributed by atoms with Crippen molar-refractivity contribution in [1.29, 1.82) is 5.41 Å². The summed E-state index contributed by atoms with van der Waals surface area (Å²) in [6.07, 6.45) is 3.99. The third-order valence-corrected chi connectivity index (χ3v) is 1.41. The van der Waals surface area contributed by atoms with Gasteiger partial charge in [-0.25, -0.2) is 0 Å². The smallest absolute Gasteiger partial charge is 0.184 e. The number of rotatable bonds is 3. The molecule has 0 saturated heterocycles. The SMILES string of the molecule is CCOC(=N)Cc1cccnc1.Cl. The molecule has 4 heteroatoms. The number of halogens is 1. The average molecular weight is 201 g/mol. The summed E-state index contributed by atoms with van der Waals surface area (Å²) >= 11 is 0. The van der Waals surface area contributed by atoms with Gasteiger partial charge in [-0.3, -0.25) is 10.4 Å². The summed E-state index contributed by atoms with van der Waals surface area (Å²) in [6, 6.07) is 3.79. The summed E-state index contributed by atoms with van der Waals surface area (Å²) in [4.78, 5) is 3.95. The molecule has 0 aromatic carbocycles. The molecule has 1 rings (SSSR count). The number of pyridine rings is 1. The van der Waals surface area contributed by atoms with Crippen LogP contribution in [0, 0.1) is 5.41 Å². The zero-order valence-corrected chi connectivity index (χ0v) is 8.30. The predicted molar refractivity (Wildman–Crippen MR) is 54.5 cm³/mol. The first-order valence-corrected chi connectivity index (χ1v) is 3.92. The van der Waals surface area contributed by atoms with E-state index in [1.165, 1.54) is 0 Å². The fourth-order valence-electron chi connectivity index (χ4n) is 0.913. The highest BCUT2D eigenvalue weighted by Crippen LogP contribution is 1.98. The van der Waals surface area contributed by atoms with Crippen molar-refractivity contribution in [2.45, 2.75) is 13.3 Å². The van der Waals surface area contributed by atoms with Crippen LogP contribution < -0.4 is 0 Å². The second-order valence-corrected chi connectivity index (χ2v) is 2.39. The summed E-state index contributed by atoms with van der Waals surface area (Å²) in [5.41, 5.74) is 1.01. The molecule has 0 unspecified atom stereocenters. The van der Waals surface area contributed by atoms with Crippen LogP contribution in [-0.2, 0) is 11.2 Å². The van der Waals surface area contributed by atoms with E-state index >= 15 is 0 Å². The minimum Gasteiger partial charge on any atom is -0.481 e. The van der Waals surface area contributed by atoms with Crippen LogP contribution in [0.1, 0.15) is 12.5 Å². The maximum Gasteiger partial charge on any atom is 0.184 e. The highest BCUT2D eigenvalue weighted by atomic mass is 35.5. The van der Waals surface area contributed by atoms with E-state index in [0.717, 1.165) is 5.56 Å². The Balaban J connectivity index is 0.00000144. The molecule has 0 fully saturated rings. The van der Waals surface area contributed by atoms with E-state index < -0.39 is 0 Å². The summed E-state index contributed by atoms with van der Waals surface area (Å²) in [6.45, 7) is 2.43. The number of aromatic nitrogens is 1. The predicted octanol–water partition coefficient (Wildman–Crippen LogP) is 2.06. The van der Waals surface area contributed by atoms with E-state index in [0.29, 0.717) is 18.9 Å². The quantitative estimate of drug-likeness (QED) is 0.600. The van der Waals surface area contributed by atoms with Crippen LogP contribution in [0.3, 0.4) is 0 Å². The minimum absolute atomic E-state index is 0. The Kier molecular flexibility index (Phi) is 5.89. The van der Waals surface area contributed by atoms with Crippen molar-refractivity contribution in [3.05, 3.63) is 30.1 Å². The van der Waals surface area contributed by atoms with Gasteiger partial charge in [0.2, 0.25) is 0 Å². The van der Waals surface area contributed by atoms with Crippen molar-refractivity contribution in [2.75, 3.05) is 6.61 Å². The van der Waals surface area contributed by atoms with Gasteiger partial charge in [0.15, 0.2) is 5.90 Å². The molecule has 13 heavy (non-hydrogen) atoms. The Hall–Kier alpha value is -1.09. The molecule has 1 aromatic rings. The van der Waals surface area contributed by atoms with Crippen molar-refractivity contribution in [3.8, 4) is 0 Å². The number of ether oxygens (including phenoxy) is 1. The van der Waals surface area contributed by atoms with Gasteiger partial charge in [-0.1, -0.05) is 6.07 Å². The van der Waals surface area contributed by atoms with Gasteiger partial charge < -0.3 is 4.74 Å². The Labute approximate surface area is 84.1 Å². The van der Waals surface area contributed by atoms with Crippen LogP contribution >= 0.6 is 12.4 Å². The first-order chi connectivity index (χ1) is 5.83. The summed E-state index contributed by atoms with van der Waals surface area (Å²) < 4.78 is 5.00. The molecule has 0 aliphatic carbocycles. The van der Waals surface area contributed by atoms with E-state index in [-0.39, 0.29) is 12.4 Å². The third-order valence-electron chi connectivity index (χ3n) is 1.41. The summed E-state index contributed by atoms with van der Waals surface area (Å²) in [5, 5.41) is 7.38. The van der Waals surface area contributed by atoms with Crippen LogP contribution in [0.5, 0.6) is 0 Å². The van der Waals surface area contributed by atoms with Gasteiger partial charge in [-0.05, 0) is 18.6 Å². The lowest BCUT2D eigenvalue weighted by atomic mass is 10.2.